The fourth-order valence-corrected chi connectivity index (χ4v) is 5.03. The largest absolute Gasteiger partial charge is 0.488 e. The lowest BCUT2D eigenvalue weighted by Crippen LogP contribution is -2.32. The third kappa shape index (κ3) is 2.59. The molecule has 1 aromatic heterocycles. The number of rotatable bonds is 2. The first kappa shape index (κ1) is 19.2. The minimum atomic E-state index is -1.49. The van der Waals surface area contributed by atoms with E-state index in [0.29, 0.717) is 5.46 Å². The molecule has 4 aromatic carbocycles. The van der Waals surface area contributed by atoms with Gasteiger partial charge in [-0.2, -0.15) is 0 Å². The molecule has 0 radical (unpaired) electrons. The van der Waals surface area contributed by atoms with E-state index >= 15 is 0 Å². The Kier molecular flexibility index (Phi) is 4.03. The van der Waals surface area contributed by atoms with Gasteiger partial charge in [0, 0.05) is 21.9 Å². The third-order valence-corrected chi connectivity index (χ3v) is 6.69. The van der Waals surface area contributed by atoms with Gasteiger partial charge in [0.15, 0.2) is 5.58 Å². The molecule has 4 nitrogen and oxygen atoms in total. The van der Waals surface area contributed by atoms with Crippen LogP contribution in [0.5, 0.6) is 0 Å². The van der Waals surface area contributed by atoms with Crippen LogP contribution < -0.4 is 10.4 Å². The van der Waals surface area contributed by atoms with E-state index in [1.54, 1.807) is 12.1 Å². The van der Waals surface area contributed by atoms with E-state index in [9.17, 15) is 10.0 Å². The van der Waals surface area contributed by atoms with Crippen molar-refractivity contribution in [3.8, 4) is 0 Å². The van der Waals surface area contributed by atoms with Crippen molar-refractivity contribution in [3.63, 3.8) is 0 Å². The summed E-state index contributed by atoms with van der Waals surface area (Å²) in [5.74, 6) is 0. The number of fused-ring (bicyclic) bond motifs is 6. The number of anilines is 3. The van der Waals surface area contributed by atoms with Gasteiger partial charge in [-0.3, -0.25) is 0 Å². The summed E-state index contributed by atoms with van der Waals surface area (Å²) in [6, 6.07) is 28.3. The summed E-state index contributed by atoms with van der Waals surface area (Å²) < 4.78 is 6.45. The Balaban J connectivity index is 1.71. The second kappa shape index (κ2) is 6.73. The molecule has 1 aliphatic heterocycles. The SMILES string of the molecule is CC1(C)c2ccccc2N(c2ccc(B(O)O)cc2)c2c1ccc1c2oc2ccccc21. The second-order valence-corrected chi connectivity index (χ2v) is 8.88. The maximum absolute atomic E-state index is 9.56. The highest BCUT2D eigenvalue weighted by Crippen LogP contribution is 2.54. The lowest BCUT2D eigenvalue weighted by molar-refractivity contribution is 0.426. The highest BCUT2D eigenvalue weighted by atomic mass is 16.4. The Morgan fingerprint density at radius 1 is 0.750 bits per heavy atom. The van der Waals surface area contributed by atoms with E-state index in [-0.39, 0.29) is 5.41 Å². The number of para-hydroxylation sites is 2. The summed E-state index contributed by atoms with van der Waals surface area (Å²) in [5, 5.41) is 21.3. The molecule has 1 aliphatic rings. The lowest BCUT2D eigenvalue weighted by atomic mass is 9.73. The van der Waals surface area contributed by atoms with Crippen LogP contribution in [0.25, 0.3) is 21.9 Å². The predicted octanol–water partition coefficient (Wildman–Crippen LogP) is 5.37. The molecule has 156 valence electrons. The van der Waals surface area contributed by atoms with E-state index in [2.05, 4.69) is 61.2 Å². The van der Waals surface area contributed by atoms with E-state index in [0.717, 1.165) is 39.0 Å². The van der Waals surface area contributed by atoms with Crippen molar-refractivity contribution < 1.29 is 14.5 Å². The molecular formula is C27H22BNO3. The molecule has 0 saturated heterocycles. The van der Waals surface area contributed by atoms with Crippen LogP contribution in [0.3, 0.4) is 0 Å². The van der Waals surface area contributed by atoms with Crippen molar-refractivity contribution in [2.75, 3.05) is 4.90 Å². The molecule has 0 atom stereocenters. The van der Waals surface area contributed by atoms with Gasteiger partial charge >= 0.3 is 7.12 Å². The average Bonchev–Trinajstić information content (AvgIpc) is 3.19. The molecule has 32 heavy (non-hydrogen) atoms. The molecule has 5 aromatic rings. The van der Waals surface area contributed by atoms with Gasteiger partial charge in [-0.15, -0.1) is 0 Å². The first-order valence-electron chi connectivity index (χ1n) is 10.8. The van der Waals surface area contributed by atoms with E-state index in [4.69, 9.17) is 4.42 Å². The Morgan fingerprint density at radius 3 is 2.25 bits per heavy atom. The van der Waals surface area contributed by atoms with Gasteiger partial charge in [-0.1, -0.05) is 74.5 Å². The Labute approximate surface area is 186 Å². The summed E-state index contributed by atoms with van der Waals surface area (Å²) in [7, 11) is -1.49. The molecule has 0 unspecified atom stereocenters. The van der Waals surface area contributed by atoms with Gasteiger partial charge in [-0.05, 0) is 40.9 Å². The first-order valence-corrected chi connectivity index (χ1v) is 10.8. The van der Waals surface area contributed by atoms with E-state index < -0.39 is 7.12 Å². The van der Waals surface area contributed by atoms with Crippen LogP contribution in [0.4, 0.5) is 17.1 Å². The standard InChI is InChI=1S/C27H22BNO3/c1-27(2)21-8-4-5-9-23(21)29(18-13-11-17(12-14-18)28(30)31)25-22(27)16-15-20-19-7-3-6-10-24(19)32-26(20)25/h3-16,30-31H,1-2H3. The van der Waals surface area contributed by atoms with Crippen molar-refractivity contribution >= 4 is 51.6 Å². The van der Waals surface area contributed by atoms with Crippen LogP contribution >= 0.6 is 0 Å². The highest BCUT2D eigenvalue weighted by molar-refractivity contribution is 6.58. The minimum Gasteiger partial charge on any atom is -0.454 e. The molecule has 0 spiro atoms. The Bertz CT molecular complexity index is 1480. The van der Waals surface area contributed by atoms with Gasteiger partial charge in [0.2, 0.25) is 0 Å². The van der Waals surface area contributed by atoms with Crippen LogP contribution in [0.15, 0.2) is 89.3 Å². The summed E-state index contributed by atoms with van der Waals surface area (Å²) in [6.45, 7) is 4.50. The van der Waals surface area contributed by atoms with Gasteiger partial charge in [-0.25, -0.2) is 0 Å². The number of furan rings is 1. The first-order chi connectivity index (χ1) is 15.5. The second-order valence-electron chi connectivity index (χ2n) is 8.88. The molecule has 6 rings (SSSR count). The summed E-state index contributed by atoms with van der Waals surface area (Å²) >= 11 is 0. The Hall–Kier alpha value is -3.54. The maximum atomic E-state index is 9.56. The van der Waals surface area contributed by atoms with Crippen molar-refractivity contribution in [1.29, 1.82) is 0 Å². The van der Waals surface area contributed by atoms with Gasteiger partial charge < -0.3 is 19.4 Å². The summed E-state index contributed by atoms with van der Waals surface area (Å²) in [6.07, 6.45) is 0. The predicted molar refractivity (Wildman–Crippen MR) is 130 cm³/mol. The van der Waals surface area contributed by atoms with Crippen molar-refractivity contribution in [3.05, 3.63) is 96.1 Å². The van der Waals surface area contributed by atoms with Gasteiger partial charge in [0.05, 0.1) is 11.4 Å². The highest BCUT2D eigenvalue weighted by Gasteiger charge is 2.38. The molecule has 5 heteroatoms. The fourth-order valence-electron chi connectivity index (χ4n) is 5.03. The molecule has 2 N–H and O–H groups in total. The topological polar surface area (TPSA) is 56.8 Å². The normalized spacial score (nSPS) is 14.4. The monoisotopic (exact) mass is 419 g/mol. The number of benzene rings is 4. The molecule has 2 heterocycles. The van der Waals surface area contributed by atoms with Crippen LogP contribution in [0.2, 0.25) is 0 Å². The minimum absolute atomic E-state index is 0.211. The molecule has 0 bridgehead atoms. The van der Waals surface area contributed by atoms with Crippen molar-refractivity contribution in [1.82, 2.24) is 0 Å². The van der Waals surface area contributed by atoms with Crippen LogP contribution in [0.1, 0.15) is 25.0 Å². The van der Waals surface area contributed by atoms with Gasteiger partial charge in [0.1, 0.15) is 5.58 Å². The summed E-state index contributed by atoms with van der Waals surface area (Å²) in [5.41, 5.74) is 7.45. The molecular weight excluding hydrogens is 397 g/mol. The molecule has 0 amide bonds. The van der Waals surface area contributed by atoms with Crippen molar-refractivity contribution in [2.45, 2.75) is 19.3 Å². The van der Waals surface area contributed by atoms with Crippen LogP contribution in [-0.4, -0.2) is 17.2 Å². The van der Waals surface area contributed by atoms with Crippen LogP contribution in [-0.2, 0) is 5.41 Å². The van der Waals surface area contributed by atoms with E-state index in [1.165, 1.54) is 11.1 Å². The molecule has 0 saturated carbocycles. The zero-order chi connectivity index (χ0) is 22.0. The summed E-state index contributed by atoms with van der Waals surface area (Å²) in [4.78, 5) is 2.23. The third-order valence-electron chi connectivity index (χ3n) is 6.69. The number of nitrogens with zero attached hydrogens (tertiary/aromatic N) is 1. The number of hydrogen-bond donors (Lipinski definition) is 2. The smallest absolute Gasteiger partial charge is 0.454 e. The quantitative estimate of drug-likeness (QED) is 0.378. The van der Waals surface area contributed by atoms with E-state index in [1.807, 2.05) is 30.3 Å². The van der Waals surface area contributed by atoms with Crippen LogP contribution in [0, 0.1) is 0 Å². The maximum Gasteiger partial charge on any atom is 0.488 e. The van der Waals surface area contributed by atoms with Gasteiger partial charge in [0.25, 0.3) is 0 Å². The lowest BCUT2D eigenvalue weighted by Gasteiger charge is -2.41. The Morgan fingerprint density at radius 2 is 1.47 bits per heavy atom. The fraction of sp³-hybridized carbons (Fsp3) is 0.111. The zero-order valence-electron chi connectivity index (χ0n) is 17.9. The molecule has 0 fully saturated rings. The zero-order valence-corrected chi connectivity index (χ0v) is 17.9. The molecule has 0 aliphatic carbocycles. The average molecular weight is 419 g/mol. The number of hydrogen-bond acceptors (Lipinski definition) is 4. The van der Waals surface area contributed by atoms with Crippen molar-refractivity contribution in [2.24, 2.45) is 0 Å².